The number of aryl methyl sites for hydroxylation is 2. The minimum Gasteiger partial charge on any atom is -0.398 e. The zero-order chi connectivity index (χ0) is 17.5. The monoisotopic (exact) mass is 324 g/mol. The number of pyridine rings is 1. The maximum atomic E-state index is 6.07. The topological polar surface area (TPSA) is 72.3 Å². The van der Waals surface area contributed by atoms with Crippen LogP contribution in [0.4, 0.5) is 11.4 Å². The molecule has 0 aliphatic heterocycles. The van der Waals surface area contributed by atoms with Crippen molar-refractivity contribution in [3.63, 3.8) is 0 Å². The Balaban J connectivity index is 2.16. The Hall–Kier alpha value is -2.89. The summed E-state index contributed by atoms with van der Waals surface area (Å²) >= 11 is 0. The summed E-state index contributed by atoms with van der Waals surface area (Å²) in [6, 6.07) is 3.93. The van der Waals surface area contributed by atoms with E-state index in [0.717, 1.165) is 29.1 Å². The molecule has 0 spiro atoms. The van der Waals surface area contributed by atoms with Crippen LogP contribution in [0, 0.1) is 0 Å². The number of rotatable bonds is 7. The van der Waals surface area contributed by atoms with Crippen molar-refractivity contribution in [3.05, 3.63) is 60.3 Å². The molecule has 126 valence electrons. The van der Waals surface area contributed by atoms with E-state index in [0.29, 0.717) is 12.2 Å². The van der Waals surface area contributed by atoms with E-state index in [1.807, 2.05) is 38.6 Å². The number of aromatic nitrogens is 3. The molecule has 24 heavy (non-hydrogen) atoms. The fourth-order valence-electron chi connectivity index (χ4n) is 2.14. The second-order valence-electron chi connectivity index (χ2n) is 5.53. The summed E-state index contributed by atoms with van der Waals surface area (Å²) in [5.74, 6) is 0. The first-order valence-corrected chi connectivity index (χ1v) is 7.83. The second-order valence-corrected chi connectivity index (χ2v) is 5.53. The molecule has 0 bridgehead atoms. The van der Waals surface area contributed by atoms with Gasteiger partial charge in [0.1, 0.15) is 0 Å². The van der Waals surface area contributed by atoms with Gasteiger partial charge in [-0.25, -0.2) is 0 Å². The quantitative estimate of drug-likeness (QED) is 0.628. The lowest BCUT2D eigenvalue weighted by Crippen LogP contribution is -2.22. The van der Waals surface area contributed by atoms with Crippen LogP contribution in [0.5, 0.6) is 0 Å². The maximum absolute atomic E-state index is 6.07. The molecule has 0 saturated carbocycles. The molecule has 0 radical (unpaired) electrons. The van der Waals surface area contributed by atoms with E-state index >= 15 is 0 Å². The van der Waals surface area contributed by atoms with Crippen LogP contribution in [-0.4, -0.2) is 34.6 Å². The van der Waals surface area contributed by atoms with Gasteiger partial charge < -0.3 is 10.6 Å². The average molecular weight is 324 g/mol. The Bertz CT molecular complexity index is 739. The smallest absolute Gasteiger partial charge is 0.0813 e. The Kier molecular flexibility index (Phi) is 5.89. The molecule has 0 aromatic carbocycles. The van der Waals surface area contributed by atoms with Crippen molar-refractivity contribution in [2.45, 2.75) is 13.3 Å². The molecule has 0 aliphatic carbocycles. The molecule has 2 aromatic heterocycles. The van der Waals surface area contributed by atoms with Gasteiger partial charge in [-0.3, -0.25) is 14.7 Å². The minimum absolute atomic E-state index is 0.604. The first kappa shape index (κ1) is 17.5. The maximum Gasteiger partial charge on any atom is 0.0813 e. The molecular formula is C18H24N6. The highest BCUT2D eigenvalue weighted by atomic mass is 15.3. The number of nitrogens with zero attached hydrogens (tertiary/aromatic N) is 5. The molecule has 2 heterocycles. The fraction of sp³-hybridized carbons (Fsp3) is 0.278. The van der Waals surface area contributed by atoms with E-state index in [-0.39, 0.29) is 0 Å². The first-order valence-electron chi connectivity index (χ1n) is 7.83. The summed E-state index contributed by atoms with van der Waals surface area (Å²) in [7, 11) is 3.87. The third-order valence-electron chi connectivity index (χ3n) is 3.67. The van der Waals surface area contributed by atoms with Crippen molar-refractivity contribution in [1.82, 2.24) is 14.8 Å². The number of hydrogen-bond donors (Lipinski definition) is 1. The number of hydrogen-bond acceptors (Lipinski definition) is 5. The van der Waals surface area contributed by atoms with Crippen LogP contribution in [0.1, 0.15) is 12.6 Å². The number of allylic oxidation sites excluding steroid dienone is 1. The molecule has 2 rings (SSSR count). The van der Waals surface area contributed by atoms with Crippen LogP contribution in [0.15, 0.2) is 59.6 Å². The average Bonchev–Trinajstić information content (AvgIpc) is 3.04. The van der Waals surface area contributed by atoms with E-state index in [1.165, 1.54) is 0 Å². The van der Waals surface area contributed by atoms with Gasteiger partial charge in [-0.05, 0) is 24.6 Å². The van der Waals surface area contributed by atoms with Crippen molar-refractivity contribution >= 4 is 17.6 Å². The van der Waals surface area contributed by atoms with Gasteiger partial charge in [0.15, 0.2) is 0 Å². The summed E-state index contributed by atoms with van der Waals surface area (Å²) in [4.78, 5) is 10.9. The number of nitrogens with two attached hydrogens (primary N) is 1. The third-order valence-corrected chi connectivity index (χ3v) is 3.67. The highest BCUT2D eigenvalue weighted by Gasteiger charge is 2.07. The van der Waals surface area contributed by atoms with Crippen LogP contribution < -0.4 is 10.6 Å². The summed E-state index contributed by atoms with van der Waals surface area (Å²) in [6.45, 7) is 6.43. The molecule has 0 unspecified atom stereocenters. The molecule has 0 saturated heterocycles. The van der Waals surface area contributed by atoms with E-state index in [9.17, 15) is 0 Å². The van der Waals surface area contributed by atoms with Gasteiger partial charge in [-0.2, -0.15) is 5.10 Å². The van der Waals surface area contributed by atoms with E-state index in [4.69, 9.17) is 5.73 Å². The van der Waals surface area contributed by atoms with Gasteiger partial charge in [0.2, 0.25) is 0 Å². The lowest BCUT2D eigenvalue weighted by atomic mass is 10.2. The van der Waals surface area contributed by atoms with E-state index in [1.54, 1.807) is 23.2 Å². The molecule has 2 N–H and O–H groups in total. The van der Waals surface area contributed by atoms with Crippen molar-refractivity contribution in [1.29, 1.82) is 0 Å². The predicted molar refractivity (Wildman–Crippen MR) is 99.7 cm³/mol. The standard InChI is InChI=1S/C18H24N6/c1-5-15-7-8-16(10-21-15)20-9-14(18(19)6-2)12-23(3)17-11-22-24(4)13-17/h6-11,13H,2,5,12,19H2,1,3-4H3/b18-14+,20-9?. The summed E-state index contributed by atoms with van der Waals surface area (Å²) in [5, 5.41) is 4.19. The fourth-order valence-corrected chi connectivity index (χ4v) is 2.14. The van der Waals surface area contributed by atoms with Crippen molar-refractivity contribution < 1.29 is 0 Å². The van der Waals surface area contributed by atoms with Gasteiger partial charge in [0.05, 0.1) is 23.8 Å². The molecular weight excluding hydrogens is 300 g/mol. The Morgan fingerprint density at radius 1 is 1.42 bits per heavy atom. The molecule has 6 nitrogen and oxygen atoms in total. The third kappa shape index (κ3) is 4.55. The zero-order valence-corrected chi connectivity index (χ0v) is 14.5. The van der Waals surface area contributed by atoms with Gasteiger partial charge in [-0.15, -0.1) is 0 Å². The molecule has 0 amide bonds. The molecule has 0 atom stereocenters. The highest BCUT2D eigenvalue weighted by Crippen LogP contribution is 2.14. The van der Waals surface area contributed by atoms with Gasteiger partial charge >= 0.3 is 0 Å². The van der Waals surface area contributed by atoms with Crippen molar-refractivity contribution in [2.24, 2.45) is 17.8 Å². The Labute approximate surface area is 143 Å². The Morgan fingerprint density at radius 3 is 2.75 bits per heavy atom. The van der Waals surface area contributed by atoms with Gasteiger partial charge in [0.25, 0.3) is 0 Å². The first-order chi connectivity index (χ1) is 11.5. The van der Waals surface area contributed by atoms with Crippen LogP contribution in [0.25, 0.3) is 0 Å². The van der Waals surface area contributed by atoms with Crippen LogP contribution in [-0.2, 0) is 13.5 Å². The number of aliphatic imine (C=N–C) groups is 1. The number of likely N-dealkylation sites (N-methyl/N-ethyl adjacent to an activating group) is 1. The summed E-state index contributed by atoms with van der Waals surface area (Å²) in [6.07, 6.45) is 9.85. The Morgan fingerprint density at radius 2 is 2.21 bits per heavy atom. The van der Waals surface area contributed by atoms with Crippen LogP contribution in [0.2, 0.25) is 0 Å². The molecule has 0 aliphatic rings. The van der Waals surface area contributed by atoms with E-state index in [2.05, 4.69) is 33.5 Å². The molecule has 6 heteroatoms. The zero-order valence-electron chi connectivity index (χ0n) is 14.5. The second kappa shape index (κ2) is 8.10. The van der Waals surface area contributed by atoms with E-state index < -0.39 is 0 Å². The largest absolute Gasteiger partial charge is 0.398 e. The SMILES string of the molecule is C=C/C(N)=C(/C=Nc1ccc(CC)nc1)CN(C)c1cnn(C)c1. The predicted octanol–water partition coefficient (Wildman–Crippen LogP) is 2.62. The lowest BCUT2D eigenvalue weighted by molar-refractivity contribution is 0.767. The lowest BCUT2D eigenvalue weighted by Gasteiger charge is -2.18. The highest BCUT2D eigenvalue weighted by molar-refractivity contribution is 5.83. The minimum atomic E-state index is 0.604. The summed E-state index contributed by atoms with van der Waals surface area (Å²) in [5.41, 5.74) is 10.4. The summed E-state index contributed by atoms with van der Waals surface area (Å²) < 4.78 is 1.77. The van der Waals surface area contributed by atoms with Gasteiger partial charge in [-0.1, -0.05) is 13.5 Å². The van der Waals surface area contributed by atoms with Crippen LogP contribution >= 0.6 is 0 Å². The van der Waals surface area contributed by atoms with Gasteiger partial charge in [0, 0.05) is 50.0 Å². The molecule has 2 aromatic rings. The molecule has 0 fully saturated rings. The number of anilines is 1. The van der Waals surface area contributed by atoms with Crippen molar-refractivity contribution in [3.8, 4) is 0 Å². The van der Waals surface area contributed by atoms with Crippen molar-refractivity contribution in [2.75, 3.05) is 18.5 Å². The van der Waals surface area contributed by atoms with Crippen LogP contribution in [0.3, 0.4) is 0 Å². The normalized spacial score (nSPS) is 12.3.